The van der Waals surface area contributed by atoms with Gasteiger partial charge < -0.3 is 15.0 Å². The topological polar surface area (TPSA) is 86.4 Å². The Hall–Kier alpha value is -3.50. The summed E-state index contributed by atoms with van der Waals surface area (Å²) in [6, 6.07) is 11.1. The van der Waals surface area contributed by atoms with Crippen molar-refractivity contribution in [3.63, 3.8) is 0 Å². The molecule has 1 saturated heterocycles. The molecule has 1 unspecified atom stereocenters. The van der Waals surface area contributed by atoms with Crippen LogP contribution in [0.15, 0.2) is 36.4 Å². The Kier molecular flexibility index (Phi) is 6.75. The van der Waals surface area contributed by atoms with E-state index in [0.29, 0.717) is 37.5 Å². The SMILES string of the molecule is COc1cccc(F)c1CN1CCCC(NC(=O)N2CCc3[nH]nc(-c4ccc5sc(C)nc5c4)c3C2)C1. The van der Waals surface area contributed by atoms with Crippen molar-refractivity contribution in [2.75, 3.05) is 26.7 Å². The Bertz CT molecular complexity index is 1480. The lowest BCUT2D eigenvalue weighted by molar-refractivity contribution is 0.159. The molecule has 6 rings (SSSR count). The molecule has 2 N–H and O–H groups in total. The highest BCUT2D eigenvalue weighted by Crippen LogP contribution is 2.32. The number of hydrogen-bond donors (Lipinski definition) is 2. The monoisotopic (exact) mass is 534 g/mol. The van der Waals surface area contributed by atoms with Crippen molar-refractivity contribution in [1.82, 2.24) is 30.3 Å². The predicted molar refractivity (Wildman–Crippen MR) is 146 cm³/mol. The van der Waals surface area contributed by atoms with Gasteiger partial charge in [0.25, 0.3) is 0 Å². The number of H-pyrrole nitrogens is 1. The molecule has 2 aromatic carbocycles. The molecule has 4 aromatic rings. The van der Waals surface area contributed by atoms with Crippen LogP contribution in [0.25, 0.3) is 21.5 Å². The van der Waals surface area contributed by atoms with Crippen molar-refractivity contribution in [3.05, 3.63) is 64.0 Å². The molecule has 1 atom stereocenters. The molecule has 2 aliphatic heterocycles. The summed E-state index contributed by atoms with van der Waals surface area (Å²) in [5.41, 5.74) is 5.57. The number of aryl methyl sites for hydroxylation is 1. The van der Waals surface area contributed by atoms with Gasteiger partial charge in [0.1, 0.15) is 11.6 Å². The van der Waals surface area contributed by atoms with Crippen molar-refractivity contribution in [3.8, 4) is 17.0 Å². The van der Waals surface area contributed by atoms with Gasteiger partial charge in [0.15, 0.2) is 0 Å². The Morgan fingerprint density at radius 1 is 1.29 bits per heavy atom. The van der Waals surface area contributed by atoms with E-state index in [1.54, 1.807) is 30.6 Å². The van der Waals surface area contributed by atoms with E-state index in [2.05, 4.69) is 43.6 Å². The highest BCUT2D eigenvalue weighted by Gasteiger charge is 2.29. The Labute approximate surface area is 224 Å². The minimum absolute atomic E-state index is 0.00884. The molecule has 2 aliphatic rings. The number of hydrogen-bond acceptors (Lipinski definition) is 6. The average molecular weight is 535 g/mol. The maximum absolute atomic E-state index is 14.5. The average Bonchev–Trinajstić information content (AvgIpc) is 3.51. The number of fused-ring (bicyclic) bond motifs is 2. The second-order valence-corrected chi connectivity index (χ2v) is 11.3. The van der Waals surface area contributed by atoms with Gasteiger partial charge in [-0.05, 0) is 50.6 Å². The van der Waals surface area contributed by atoms with E-state index in [4.69, 9.17) is 4.74 Å². The first-order valence-corrected chi connectivity index (χ1v) is 13.8. The molecule has 1 fully saturated rings. The van der Waals surface area contributed by atoms with Gasteiger partial charge in [-0.15, -0.1) is 11.3 Å². The molecule has 0 radical (unpaired) electrons. The minimum Gasteiger partial charge on any atom is -0.496 e. The molecule has 38 heavy (non-hydrogen) atoms. The van der Waals surface area contributed by atoms with Crippen molar-refractivity contribution >= 4 is 27.6 Å². The molecular formula is C28H31FN6O2S. The molecular weight excluding hydrogens is 503 g/mol. The molecule has 0 saturated carbocycles. The minimum atomic E-state index is -0.264. The molecule has 8 nitrogen and oxygen atoms in total. The third kappa shape index (κ3) is 4.86. The first-order chi connectivity index (χ1) is 18.5. The Morgan fingerprint density at radius 2 is 2.18 bits per heavy atom. The third-order valence-corrected chi connectivity index (χ3v) is 8.45. The van der Waals surface area contributed by atoms with E-state index in [0.717, 1.165) is 63.5 Å². The van der Waals surface area contributed by atoms with E-state index >= 15 is 0 Å². The number of thiazole rings is 1. The van der Waals surface area contributed by atoms with Gasteiger partial charge in [-0.1, -0.05) is 12.1 Å². The molecule has 0 bridgehead atoms. The smallest absolute Gasteiger partial charge is 0.317 e. The summed E-state index contributed by atoms with van der Waals surface area (Å²) in [5, 5.41) is 12.1. The number of amides is 2. The van der Waals surface area contributed by atoms with Crippen molar-refractivity contribution in [2.45, 2.75) is 45.3 Å². The van der Waals surface area contributed by atoms with Crippen LogP contribution in [0, 0.1) is 12.7 Å². The van der Waals surface area contributed by atoms with E-state index in [-0.39, 0.29) is 17.9 Å². The van der Waals surface area contributed by atoms with Gasteiger partial charge in [-0.3, -0.25) is 10.00 Å². The number of carbonyl (C=O) groups is 1. The van der Waals surface area contributed by atoms with Crippen LogP contribution in [0.3, 0.4) is 0 Å². The number of nitrogens with zero attached hydrogens (tertiary/aromatic N) is 4. The van der Waals surface area contributed by atoms with Gasteiger partial charge in [-0.25, -0.2) is 14.2 Å². The highest BCUT2D eigenvalue weighted by molar-refractivity contribution is 7.18. The molecule has 0 aliphatic carbocycles. The largest absolute Gasteiger partial charge is 0.496 e. The number of ether oxygens (including phenoxy) is 1. The summed E-state index contributed by atoms with van der Waals surface area (Å²) < 4.78 is 21.0. The number of rotatable bonds is 5. The quantitative estimate of drug-likeness (QED) is 0.381. The number of carbonyl (C=O) groups excluding carboxylic acids is 1. The van der Waals surface area contributed by atoms with E-state index in [1.165, 1.54) is 6.07 Å². The number of nitrogens with one attached hydrogen (secondary N) is 2. The van der Waals surface area contributed by atoms with Crippen LogP contribution < -0.4 is 10.1 Å². The zero-order valence-corrected chi connectivity index (χ0v) is 22.4. The predicted octanol–water partition coefficient (Wildman–Crippen LogP) is 4.87. The van der Waals surface area contributed by atoms with Gasteiger partial charge in [0.2, 0.25) is 0 Å². The lowest BCUT2D eigenvalue weighted by Gasteiger charge is -2.35. The number of urea groups is 1. The normalized spacial score (nSPS) is 18.0. The molecule has 4 heterocycles. The van der Waals surface area contributed by atoms with Crippen molar-refractivity contribution in [2.24, 2.45) is 0 Å². The summed E-state index contributed by atoms with van der Waals surface area (Å²) in [5.74, 6) is 0.292. The number of halogens is 1. The highest BCUT2D eigenvalue weighted by atomic mass is 32.1. The van der Waals surface area contributed by atoms with Gasteiger partial charge >= 0.3 is 6.03 Å². The maximum Gasteiger partial charge on any atom is 0.317 e. The lowest BCUT2D eigenvalue weighted by atomic mass is 10.0. The molecule has 2 amide bonds. The summed E-state index contributed by atoms with van der Waals surface area (Å²) in [6.45, 7) is 5.14. The zero-order valence-electron chi connectivity index (χ0n) is 21.6. The van der Waals surface area contributed by atoms with Crippen LogP contribution >= 0.6 is 11.3 Å². The second kappa shape index (κ2) is 10.3. The number of methoxy groups -OCH3 is 1. The van der Waals surface area contributed by atoms with Gasteiger partial charge in [0.05, 0.1) is 34.6 Å². The van der Waals surface area contributed by atoms with E-state index < -0.39 is 0 Å². The van der Waals surface area contributed by atoms with E-state index in [9.17, 15) is 9.18 Å². The second-order valence-electron chi connectivity index (χ2n) is 10.1. The molecule has 2 aromatic heterocycles. The van der Waals surface area contributed by atoms with Crippen LogP contribution in [0.2, 0.25) is 0 Å². The lowest BCUT2D eigenvalue weighted by Crippen LogP contribution is -2.52. The summed E-state index contributed by atoms with van der Waals surface area (Å²) in [4.78, 5) is 22.0. The number of aromatic amines is 1. The first kappa shape index (κ1) is 24.8. The summed E-state index contributed by atoms with van der Waals surface area (Å²) in [6.07, 6.45) is 2.58. The molecule has 10 heteroatoms. The Balaban J connectivity index is 1.12. The van der Waals surface area contributed by atoms with Crippen LogP contribution in [0.4, 0.5) is 9.18 Å². The number of benzene rings is 2. The fraction of sp³-hybridized carbons (Fsp3) is 0.393. The fourth-order valence-electron chi connectivity index (χ4n) is 5.59. The fourth-order valence-corrected chi connectivity index (χ4v) is 6.39. The summed E-state index contributed by atoms with van der Waals surface area (Å²) in [7, 11) is 1.56. The van der Waals surface area contributed by atoms with Crippen molar-refractivity contribution < 1.29 is 13.9 Å². The van der Waals surface area contributed by atoms with Crippen LogP contribution in [-0.2, 0) is 19.5 Å². The number of piperidine rings is 1. The summed E-state index contributed by atoms with van der Waals surface area (Å²) >= 11 is 1.68. The Morgan fingerprint density at radius 3 is 3.05 bits per heavy atom. The molecule has 198 valence electrons. The van der Waals surface area contributed by atoms with E-state index in [1.807, 2.05) is 11.8 Å². The molecule has 0 spiro atoms. The zero-order chi connectivity index (χ0) is 26.2. The van der Waals surface area contributed by atoms with Gasteiger partial charge in [0, 0.05) is 54.5 Å². The third-order valence-electron chi connectivity index (χ3n) is 7.50. The van der Waals surface area contributed by atoms with Crippen LogP contribution in [-0.4, -0.2) is 63.8 Å². The van der Waals surface area contributed by atoms with Crippen LogP contribution in [0.1, 0.15) is 34.7 Å². The van der Waals surface area contributed by atoms with Gasteiger partial charge in [-0.2, -0.15) is 5.10 Å². The van der Waals surface area contributed by atoms with Crippen LogP contribution in [0.5, 0.6) is 5.75 Å². The number of aromatic nitrogens is 3. The maximum atomic E-state index is 14.5. The van der Waals surface area contributed by atoms with Crippen molar-refractivity contribution in [1.29, 1.82) is 0 Å². The first-order valence-electron chi connectivity index (χ1n) is 13.0. The standard InChI is InChI=1S/C28H31FN6O2S/c1-17-30-24-13-18(8-9-26(24)38-17)27-21-16-35(12-10-23(21)32-33-27)28(36)31-19-5-4-11-34(14-19)15-20-22(29)6-3-7-25(20)37-2/h3,6-9,13,19H,4-5,10-12,14-16H2,1-2H3,(H,31,36)(H,32,33). The number of likely N-dealkylation sites (tertiary alicyclic amines) is 1.